The molecule has 0 fully saturated rings. The first-order chi connectivity index (χ1) is 17.1. The average Bonchev–Trinajstić information content (AvgIpc) is 3.37. The number of pyridine rings is 1. The van der Waals surface area contributed by atoms with Crippen molar-refractivity contribution in [3.63, 3.8) is 0 Å². The van der Waals surface area contributed by atoms with Gasteiger partial charge in [0.1, 0.15) is 16.6 Å². The average molecular weight is 479 g/mol. The van der Waals surface area contributed by atoms with Crippen LogP contribution in [0.1, 0.15) is 21.9 Å². The Balaban J connectivity index is 1.26. The van der Waals surface area contributed by atoms with Gasteiger partial charge in [-0.15, -0.1) is 11.3 Å². The lowest BCUT2D eigenvalue weighted by atomic mass is 10.1. The molecule has 0 saturated carbocycles. The van der Waals surface area contributed by atoms with Crippen molar-refractivity contribution >= 4 is 28.7 Å². The summed E-state index contributed by atoms with van der Waals surface area (Å²) in [6.45, 7) is 2.21. The molecule has 3 heterocycles. The molecule has 5 rings (SSSR count). The number of hydrogen-bond acceptors (Lipinski definition) is 7. The van der Waals surface area contributed by atoms with Crippen molar-refractivity contribution in [2.45, 2.75) is 13.5 Å². The van der Waals surface area contributed by atoms with E-state index in [1.54, 1.807) is 35.9 Å². The lowest BCUT2D eigenvalue weighted by Gasteiger charge is -2.10. The van der Waals surface area contributed by atoms with E-state index in [9.17, 15) is 4.79 Å². The molecule has 0 unspecified atom stereocenters. The van der Waals surface area contributed by atoms with Crippen molar-refractivity contribution in [3.05, 3.63) is 108 Å². The Morgan fingerprint density at radius 1 is 0.886 bits per heavy atom. The van der Waals surface area contributed by atoms with Crippen LogP contribution in [0.15, 0.2) is 90.6 Å². The lowest BCUT2D eigenvalue weighted by Crippen LogP contribution is -2.23. The maximum atomic E-state index is 12.8. The van der Waals surface area contributed by atoms with Gasteiger partial charge in [0.25, 0.3) is 5.91 Å². The van der Waals surface area contributed by atoms with Crippen LogP contribution in [0, 0.1) is 6.92 Å². The van der Waals surface area contributed by atoms with Crippen LogP contribution in [0.25, 0.3) is 21.8 Å². The first kappa shape index (κ1) is 22.4. The van der Waals surface area contributed by atoms with Gasteiger partial charge < -0.3 is 10.6 Å². The van der Waals surface area contributed by atoms with Crippen LogP contribution in [0.4, 0.5) is 11.5 Å². The molecule has 8 heteroatoms. The largest absolute Gasteiger partial charge is 0.346 e. The highest BCUT2D eigenvalue weighted by Gasteiger charge is 2.10. The summed E-state index contributed by atoms with van der Waals surface area (Å²) in [5.74, 6) is 1.16. The first-order valence-electron chi connectivity index (χ1n) is 11.1. The Labute approximate surface area is 207 Å². The molecule has 2 N–H and O–H groups in total. The van der Waals surface area contributed by atoms with Gasteiger partial charge in [-0.3, -0.25) is 9.78 Å². The van der Waals surface area contributed by atoms with E-state index in [4.69, 9.17) is 0 Å². The topological polar surface area (TPSA) is 92.7 Å². The normalized spacial score (nSPS) is 10.7. The highest BCUT2D eigenvalue weighted by Crippen LogP contribution is 2.24. The number of rotatable bonds is 7. The highest BCUT2D eigenvalue weighted by atomic mass is 32.1. The molecule has 2 aromatic carbocycles. The maximum absolute atomic E-state index is 12.8. The van der Waals surface area contributed by atoms with Crippen molar-refractivity contribution in [3.8, 4) is 21.8 Å². The number of thiazole rings is 1. The Kier molecular flexibility index (Phi) is 6.54. The van der Waals surface area contributed by atoms with Crippen LogP contribution in [0.3, 0.4) is 0 Å². The third-order valence-electron chi connectivity index (χ3n) is 5.21. The second-order valence-corrected chi connectivity index (χ2v) is 8.68. The summed E-state index contributed by atoms with van der Waals surface area (Å²) in [6.07, 6.45) is 3.48. The molecule has 0 spiro atoms. The Morgan fingerprint density at radius 2 is 1.71 bits per heavy atom. The molecule has 0 aliphatic rings. The van der Waals surface area contributed by atoms with Gasteiger partial charge >= 0.3 is 0 Å². The third-order valence-corrected chi connectivity index (χ3v) is 6.15. The number of amides is 1. The highest BCUT2D eigenvalue weighted by molar-refractivity contribution is 7.13. The molecule has 7 nitrogen and oxygen atoms in total. The van der Waals surface area contributed by atoms with Gasteiger partial charge in [-0.2, -0.15) is 0 Å². The number of nitrogens with zero attached hydrogens (tertiary/aromatic N) is 4. The molecule has 1 amide bonds. The van der Waals surface area contributed by atoms with E-state index in [0.717, 1.165) is 33.2 Å². The molecule has 0 bridgehead atoms. The van der Waals surface area contributed by atoms with Crippen LogP contribution in [-0.4, -0.2) is 25.8 Å². The van der Waals surface area contributed by atoms with E-state index in [1.807, 2.05) is 73.0 Å². The summed E-state index contributed by atoms with van der Waals surface area (Å²) < 4.78 is 0. The molecular weight excluding hydrogens is 456 g/mol. The van der Waals surface area contributed by atoms with Crippen molar-refractivity contribution < 1.29 is 4.79 Å². The number of carbonyl (C=O) groups excluding carboxylic acids is 1. The van der Waals surface area contributed by atoms with Crippen LogP contribution < -0.4 is 10.6 Å². The zero-order valence-electron chi connectivity index (χ0n) is 19.0. The summed E-state index contributed by atoms with van der Waals surface area (Å²) in [5, 5.41) is 9.10. The van der Waals surface area contributed by atoms with Gasteiger partial charge in [-0.25, -0.2) is 15.0 Å². The molecule has 172 valence electrons. The van der Waals surface area contributed by atoms with Crippen molar-refractivity contribution in [2.75, 3.05) is 5.32 Å². The molecule has 0 radical (unpaired) electrons. The smallest absolute Gasteiger partial charge is 0.251 e. The number of nitrogens with one attached hydrogen (secondary N) is 2. The molecule has 0 saturated heterocycles. The molecule has 0 aliphatic heterocycles. The third kappa shape index (κ3) is 5.56. The quantitative estimate of drug-likeness (QED) is 0.314. The molecule has 0 aliphatic carbocycles. The number of benzene rings is 2. The van der Waals surface area contributed by atoms with Gasteiger partial charge in [0.15, 0.2) is 0 Å². The summed E-state index contributed by atoms with van der Waals surface area (Å²) in [4.78, 5) is 30.5. The van der Waals surface area contributed by atoms with E-state index in [1.165, 1.54) is 0 Å². The second-order valence-electron chi connectivity index (χ2n) is 7.82. The fraction of sp³-hybridized carbons (Fsp3) is 0.0741. The van der Waals surface area contributed by atoms with Gasteiger partial charge in [0.05, 0.1) is 17.9 Å². The van der Waals surface area contributed by atoms with Gasteiger partial charge in [0, 0.05) is 46.2 Å². The van der Waals surface area contributed by atoms with Gasteiger partial charge in [-0.1, -0.05) is 36.4 Å². The Hall–Kier alpha value is -4.43. The first-order valence-corrected chi connectivity index (χ1v) is 11.9. The van der Waals surface area contributed by atoms with E-state index >= 15 is 0 Å². The fourth-order valence-electron chi connectivity index (χ4n) is 3.56. The lowest BCUT2D eigenvalue weighted by molar-refractivity contribution is 0.0950. The van der Waals surface area contributed by atoms with Gasteiger partial charge in [0.2, 0.25) is 0 Å². The summed E-state index contributed by atoms with van der Waals surface area (Å²) in [5.41, 5.74) is 5.00. The van der Waals surface area contributed by atoms with Crippen molar-refractivity contribution in [2.24, 2.45) is 0 Å². The SMILES string of the molecule is Cc1nc(Nc2cccc(C(=O)NCc3csc(-c4ccncc4)n3)c2)cc(-c2ccccc2)n1. The number of aryl methyl sites for hydroxylation is 1. The van der Waals surface area contributed by atoms with Crippen LogP contribution in [-0.2, 0) is 6.54 Å². The molecule has 5 aromatic rings. The molecular formula is C27H22N6OS. The molecule has 35 heavy (non-hydrogen) atoms. The summed E-state index contributed by atoms with van der Waals surface area (Å²) >= 11 is 1.54. The maximum Gasteiger partial charge on any atom is 0.251 e. The number of carbonyl (C=O) groups is 1. The van der Waals surface area contributed by atoms with Crippen LogP contribution in [0.2, 0.25) is 0 Å². The molecule has 3 aromatic heterocycles. The minimum atomic E-state index is -0.170. The predicted octanol–water partition coefficient (Wildman–Crippen LogP) is 5.64. The zero-order valence-corrected chi connectivity index (χ0v) is 19.8. The monoisotopic (exact) mass is 478 g/mol. The van der Waals surface area contributed by atoms with E-state index in [0.29, 0.717) is 23.8 Å². The van der Waals surface area contributed by atoms with E-state index in [-0.39, 0.29) is 5.91 Å². The second kappa shape index (κ2) is 10.2. The summed E-state index contributed by atoms with van der Waals surface area (Å²) in [6, 6.07) is 23.0. The van der Waals surface area contributed by atoms with Gasteiger partial charge in [-0.05, 0) is 37.3 Å². The minimum Gasteiger partial charge on any atom is -0.346 e. The Morgan fingerprint density at radius 3 is 2.54 bits per heavy atom. The molecule has 0 atom stereocenters. The fourth-order valence-corrected chi connectivity index (χ4v) is 4.39. The zero-order chi connectivity index (χ0) is 24.0. The van der Waals surface area contributed by atoms with Crippen LogP contribution in [0.5, 0.6) is 0 Å². The number of aromatic nitrogens is 4. The Bertz CT molecular complexity index is 1450. The van der Waals surface area contributed by atoms with Crippen LogP contribution >= 0.6 is 11.3 Å². The minimum absolute atomic E-state index is 0.170. The predicted molar refractivity (Wildman–Crippen MR) is 138 cm³/mol. The summed E-state index contributed by atoms with van der Waals surface area (Å²) in [7, 11) is 0. The number of anilines is 2. The van der Waals surface area contributed by atoms with Crippen molar-refractivity contribution in [1.29, 1.82) is 0 Å². The standard InChI is InChI=1S/C27H22N6OS/c1-18-30-24(19-6-3-2-4-7-19)15-25(31-18)32-22-9-5-8-21(14-22)26(34)29-16-23-17-35-27(33-23)20-10-12-28-13-11-20/h2-15,17H,16H2,1H3,(H,29,34)(H,30,31,32). The number of hydrogen-bond donors (Lipinski definition) is 2. The van der Waals surface area contributed by atoms with E-state index < -0.39 is 0 Å². The van der Waals surface area contributed by atoms with Crippen molar-refractivity contribution in [1.82, 2.24) is 25.3 Å². The van der Waals surface area contributed by atoms with E-state index in [2.05, 4.69) is 30.6 Å².